The van der Waals surface area contributed by atoms with Crippen molar-refractivity contribution in [3.63, 3.8) is 0 Å². The molecule has 2 aromatic rings. The van der Waals surface area contributed by atoms with Gasteiger partial charge in [0.15, 0.2) is 0 Å². The van der Waals surface area contributed by atoms with Gasteiger partial charge in [-0.05, 0) is 0 Å². The predicted molar refractivity (Wildman–Crippen MR) is 78.6 cm³/mol. The number of hydrogen-bond acceptors (Lipinski definition) is 4. The lowest BCUT2D eigenvalue weighted by Gasteiger charge is -2.03. The van der Waals surface area contributed by atoms with Crippen molar-refractivity contribution in [2.45, 2.75) is 6.92 Å². The molecule has 0 aliphatic carbocycles. The fraction of sp³-hybridized carbons (Fsp3) is 0.214. The first kappa shape index (κ1) is 14.2. The summed E-state index contributed by atoms with van der Waals surface area (Å²) in [6.45, 7) is 2.26. The minimum Gasteiger partial charge on any atom is -0.355 e. The van der Waals surface area contributed by atoms with Crippen LogP contribution in [-0.2, 0) is 4.79 Å². The molecule has 2 N–H and O–H groups in total. The third-order valence-corrected chi connectivity index (χ3v) is 3.58. The van der Waals surface area contributed by atoms with Crippen molar-refractivity contribution in [1.29, 1.82) is 0 Å². The maximum Gasteiger partial charge on any atom is 0.263 e. The van der Waals surface area contributed by atoms with Gasteiger partial charge < -0.3 is 10.6 Å². The van der Waals surface area contributed by atoms with E-state index in [0.29, 0.717) is 18.0 Å². The molecule has 0 unspecified atom stereocenters. The van der Waals surface area contributed by atoms with Gasteiger partial charge in [0.1, 0.15) is 9.88 Å². The minimum absolute atomic E-state index is 0.108. The topological polar surface area (TPSA) is 71.1 Å². The van der Waals surface area contributed by atoms with Crippen LogP contribution in [0.4, 0.5) is 0 Å². The lowest BCUT2D eigenvalue weighted by molar-refractivity contribution is -0.118. The summed E-state index contributed by atoms with van der Waals surface area (Å²) in [5.74, 6) is -0.279. The third kappa shape index (κ3) is 3.89. The van der Waals surface area contributed by atoms with Crippen molar-refractivity contribution in [3.05, 3.63) is 41.4 Å². The Kier molecular flexibility index (Phi) is 4.84. The monoisotopic (exact) mass is 289 g/mol. The van der Waals surface area contributed by atoms with E-state index in [1.165, 1.54) is 18.3 Å². The van der Waals surface area contributed by atoms with Crippen molar-refractivity contribution < 1.29 is 9.59 Å². The summed E-state index contributed by atoms with van der Waals surface area (Å²) in [5.41, 5.74) is 0.995. The van der Waals surface area contributed by atoms with E-state index in [4.69, 9.17) is 0 Å². The molecule has 0 atom stereocenters. The SMILES string of the molecule is CC(=O)NCCNC(=O)c1cnc(-c2ccccc2)s1. The van der Waals surface area contributed by atoms with Crippen LogP contribution >= 0.6 is 11.3 Å². The molecular weight excluding hydrogens is 274 g/mol. The van der Waals surface area contributed by atoms with E-state index < -0.39 is 0 Å². The fourth-order valence-corrected chi connectivity index (χ4v) is 2.43. The lowest BCUT2D eigenvalue weighted by atomic mass is 10.2. The second-order valence-electron chi connectivity index (χ2n) is 4.13. The highest BCUT2D eigenvalue weighted by molar-refractivity contribution is 7.16. The minimum atomic E-state index is -0.171. The maximum atomic E-state index is 11.9. The molecule has 0 saturated carbocycles. The van der Waals surface area contributed by atoms with Gasteiger partial charge in [0, 0.05) is 25.6 Å². The molecule has 2 rings (SSSR count). The van der Waals surface area contributed by atoms with Crippen LogP contribution in [-0.4, -0.2) is 29.9 Å². The molecule has 1 aromatic carbocycles. The van der Waals surface area contributed by atoms with Crippen molar-refractivity contribution in [2.24, 2.45) is 0 Å². The van der Waals surface area contributed by atoms with Crippen molar-refractivity contribution in [3.8, 4) is 10.6 Å². The number of benzene rings is 1. The Balaban J connectivity index is 1.92. The van der Waals surface area contributed by atoms with Crippen LogP contribution in [0.5, 0.6) is 0 Å². The van der Waals surface area contributed by atoms with Crippen LogP contribution < -0.4 is 10.6 Å². The van der Waals surface area contributed by atoms with Gasteiger partial charge in [-0.3, -0.25) is 9.59 Å². The molecule has 0 aliphatic rings. The molecule has 6 heteroatoms. The van der Waals surface area contributed by atoms with Gasteiger partial charge in [-0.25, -0.2) is 4.98 Å². The number of carbonyl (C=O) groups is 2. The van der Waals surface area contributed by atoms with E-state index in [1.807, 2.05) is 30.3 Å². The molecule has 20 heavy (non-hydrogen) atoms. The number of rotatable bonds is 5. The van der Waals surface area contributed by atoms with Gasteiger partial charge >= 0.3 is 0 Å². The molecule has 0 aliphatic heterocycles. The molecule has 0 saturated heterocycles. The van der Waals surface area contributed by atoms with E-state index in [0.717, 1.165) is 10.6 Å². The van der Waals surface area contributed by atoms with Crippen molar-refractivity contribution in [1.82, 2.24) is 15.6 Å². The average Bonchev–Trinajstić information content (AvgIpc) is 2.94. The summed E-state index contributed by atoms with van der Waals surface area (Å²) in [7, 11) is 0. The first-order valence-electron chi connectivity index (χ1n) is 6.20. The van der Waals surface area contributed by atoms with Crippen LogP contribution in [0.3, 0.4) is 0 Å². The molecular formula is C14H15N3O2S. The standard InChI is InChI=1S/C14H15N3O2S/c1-10(18)15-7-8-16-13(19)12-9-17-14(20-12)11-5-3-2-4-6-11/h2-6,9H,7-8H2,1H3,(H,15,18)(H,16,19). The number of hydrogen-bond donors (Lipinski definition) is 2. The van der Waals surface area contributed by atoms with Crippen LogP contribution in [0.25, 0.3) is 10.6 Å². The first-order chi connectivity index (χ1) is 9.66. The average molecular weight is 289 g/mol. The second-order valence-corrected chi connectivity index (χ2v) is 5.17. The van der Waals surface area contributed by atoms with E-state index in [1.54, 1.807) is 6.20 Å². The van der Waals surface area contributed by atoms with Gasteiger partial charge in [0.05, 0.1) is 6.20 Å². The molecule has 0 fully saturated rings. The number of nitrogens with one attached hydrogen (secondary N) is 2. The zero-order chi connectivity index (χ0) is 14.4. The molecule has 0 radical (unpaired) electrons. The molecule has 1 aromatic heterocycles. The summed E-state index contributed by atoms with van der Waals surface area (Å²) >= 11 is 1.35. The van der Waals surface area contributed by atoms with Gasteiger partial charge in [0.2, 0.25) is 5.91 Å². The zero-order valence-corrected chi connectivity index (χ0v) is 11.9. The fourth-order valence-electron chi connectivity index (χ4n) is 1.59. The number of nitrogens with zero attached hydrogens (tertiary/aromatic N) is 1. The first-order valence-corrected chi connectivity index (χ1v) is 7.02. The van der Waals surface area contributed by atoms with Crippen LogP contribution in [0.15, 0.2) is 36.5 Å². The van der Waals surface area contributed by atoms with Gasteiger partial charge in [-0.1, -0.05) is 30.3 Å². The van der Waals surface area contributed by atoms with Crippen LogP contribution in [0.2, 0.25) is 0 Å². The van der Waals surface area contributed by atoms with Crippen molar-refractivity contribution in [2.75, 3.05) is 13.1 Å². The van der Waals surface area contributed by atoms with E-state index >= 15 is 0 Å². The van der Waals surface area contributed by atoms with Gasteiger partial charge in [0.25, 0.3) is 5.91 Å². The normalized spacial score (nSPS) is 10.1. The van der Waals surface area contributed by atoms with Gasteiger partial charge in [-0.2, -0.15) is 0 Å². The Morgan fingerprint density at radius 2 is 1.85 bits per heavy atom. The highest BCUT2D eigenvalue weighted by atomic mass is 32.1. The summed E-state index contributed by atoms with van der Waals surface area (Å²) in [5, 5.41) is 6.17. The summed E-state index contributed by atoms with van der Waals surface area (Å²) < 4.78 is 0. The van der Waals surface area contributed by atoms with E-state index in [9.17, 15) is 9.59 Å². The predicted octanol–water partition coefficient (Wildman–Crippen LogP) is 1.68. The highest BCUT2D eigenvalue weighted by Crippen LogP contribution is 2.24. The third-order valence-electron chi connectivity index (χ3n) is 2.53. The zero-order valence-electron chi connectivity index (χ0n) is 11.1. The molecule has 0 spiro atoms. The lowest BCUT2D eigenvalue weighted by Crippen LogP contribution is -2.33. The number of carbonyl (C=O) groups excluding carboxylic acids is 2. The largest absolute Gasteiger partial charge is 0.355 e. The van der Waals surface area contributed by atoms with Crippen LogP contribution in [0, 0.1) is 0 Å². The van der Waals surface area contributed by atoms with Gasteiger partial charge in [-0.15, -0.1) is 11.3 Å². The Hall–Kier alpha value is -2.21. The van der Waals surface area contributed by atoms with Crippen LogP contribution in [0.1, 0.15) is 16.6 Å². The maximum absolute atomic E-state index is 11.9. The molecule has 5 nitrogen and oxygen atoms in total. The summed E-state index contributed by atoms with van der Waals surface area (Å²) in [6.07, 6.45) is 1.57. The quantitative estimate of drug-likeness (QED) is 0.823. The highest BCUT2D eigenvalue weighted by Gasteiger charge is 2.10. The second kappa shape index (κ2) is 6.81. The number of aromatic nitrogens is 1. The van der Waals surface area contributed by atoms with Crippen molar-refractivity contribution >= 4 is 23.2 Å². The molecule has 1 heterocycles. The molecule has 0 bridgehead atoms. The molecule has 104 valence electrons. The Bertz CT molecular complexity index is 595. The molecule has 2 amide bonds. The Labute approximate surface area is 121 Å². The number of thiazole rings is 1. The smallest absolute Gasteiger partial charge is 0.263 e. The summed E-state index contributed by atoms with van der Waals surface area (Å²) in [4.78, 5) is 27.4. The van der Waals surface area contributed by atoms with E-state index in [2.05, 4.69) is 15.6 Å². The Morgan fingerprint density at radius 1 is 1.15 bits per heavy atom. The summed E-state index contributed by atoms with van der Waals surface area (Å²) in [6, 6.07) is 9.72. The Morgan fingerprint density at radius 3 is 2.55 bits per heavy atom. The number of amides is 2. The van der Waals surface area contributed by atoms with E-state index in [-0.39, 0.29) is 11.8 Å².